The van der Waals surface area contributed by atoms with E-state index < -0.39 is 11.7 Å². The molecule has 0 unspecified atom stereocenters. The van der Waals surface area contributed by atoms with Crippen LogP contribution < -0.4 is 10.1 Å². The van der Waals surface area contributed by atoms with Crippen molar-refractivity contribution in [3.05, 3.63) is 52.3 Å². The minimum Gasteiger partial charge on any atom is -0.481 e. The molecule has 118 valence electrons. The molecule has 23 heavy (non-hydrogen) atoms. The van der Waals surface area contributed by atoms with Crippen LogP contribution in [-0.4, -0.2) is 17.5 Å². The van der Waals surface area contributed by atoms with Gasteiger partial charge in [-0.05, 0) is 24.3 Å². The third-order valence-electron chi connectivity index (χ3n) is 2.89. The number of hydrogen-bond acceptors (Lipinski definition) is 4. The van der Waals surface area contributed by atoms with Crippen LogP contribution in [0.3, 0.4) is 0 Å². The Morgan fingerprint density at radius 3 is 2.70 bits per heavy atom. The predicted molar refractivity (Wildman–Crippen MR) is 90.2 cm³/mol. The molecule has 2 aromatic carbocycles. The first-order valence-corrected chi connectivity index (χ1v) is 8.03. The number of ether oxygens (including phenoxy) is 1. The molecule has 0 radical (unpaired) electrons. The van der Waals surface area contributed by atoms with Gasteiger partial charge in [0.2, 0.25) is 0 Å². The molecule has 1 heterocycles. The highest BCUT2D eigenvalue weighted by atomic mass is 35.5. The Hall–Kier alpha value is -1.89. The second-order valence-electron chi connectivity index (χ2n) is 4.49. The van der Waals surface area contributed by atoms with Gasteiger partial charge in [0.25, 0.3) is 5.91 Å². The SMILES string of the molecule is O=C(COc1ccccc1F)Nc1nc2c(Cl)ccc(Cl)c2s1. The predicted octanol–water partition coefficient (Wildman–Crippen LogP) is 4.76. The monoisotopic (exact) mass is 370 g/mol. The van der Waals surface area contributed by atoms with Crippen molar-refractivity contribution in [3.63, 3.8) is 0 Å². The summed E-state index contributed by atoms with van der Waals surface area (Å²) in [6.45, 7) is -0.335. The van der Waals surface area contributed by atoms with Crippen LogP contribution in [0, 0.1) is 5.82 Å². The van der Waals surface area contributed by atoms with Crippen molar-refractivity contribution in [2.75, 3.05) is 11.9 Å². The fourth-order valence-electron chi connectivity index (χ4n) is 1.86. The van der Waals surface area contributed by atoms with Crippen LogP contribution in [0.1, 0.15) is 0 Å². The Morgan fingerprint density at radius 1 is 1.22 bits per heavy atom. The summed E-state index contributed by atoms with van der Waals surface area (Å²) >= 11 is 13.3. The first-order chi connectivity index (χ1) is 11.0. The number of anilines is 1. The molecule has 8 heteroatoms. The number of amides is 1. The zero-order valence-corrected chi connectivity index (χ0v) is 13.8. The van der Waals surface area contributed by atoms with Crippen LogP contribution in [-0.2, 0) is 4.79 Å². The number of nitrogens with one attached hydrogen (secondary N) is 1. The Morgan fingerprint density at radius 2 is 1.96 bits per heavy atom. The Bertz CT molecular complexity index is 846. The lowest BCUT2D eigenvalue weighted by Gasteiger charge is -2.06. The Labute approximate surface area is 144 Å². The van der Waals surface area contributed by atoms with Crippen molar-refractivity contribution in [1.29, 1.82) is 0 Å². The van der Waals surface area contributed by atoms with Gasteiger partial charge >= 0.3 is 0 Å². The van der Waals surface area contributed by atoms with Gasteiger partial charge in [-0.1, -0.05) is 46.7 Å². The number of aromatic nitrogens is 1. The van der Waals surface area contributed by atoms with E-state index in [9.17, 15) is 9.18 Å². The maximum Gasteiger partial charge on any atom is 0.264 e. The van der Waals surface area contributed by atoms with Crippen LogP contribution in [0.4, 0.5) is 9.52 Å². The summed E-state index contributed by atoms with van der Waals surface area (Å²) in [6, 6.07) is 9.16. The van der Waals surface area contributed by atoms with Crippen molar-refractivity contribution in [2.45, 2.75) is 0 Å². The molecule has 1 amide bonds. The molecule has 1 aromatic heterocycles. The van der Waals surface area contributed by atoms with E-state index in [0.717, 1.165) is 0 Å². The third-order valence-corrected chi connectivity index (χ3v) is 4.62. The summed E-state index contributed by atoms with van der Waals surface area (Å²) in [5.41, 5.74) is 0.523. The van der Waals surface area contributed by atoms with E-state index in [-0.39, 0.29) is 12.4 Å². The van der Waals surface area contributed by atoms with E-state index in [1.165, 1.54) is 29.5 Å². The molecule has 0 atom stereocenters. The van der Waals surface area contributed by atoms with Crippen molar-refractivity contribution in [1.82, 2.24) is 4.98 Å². The van der Waals surface area contributed by atoms with Gasteiger partial charge in [-0.3, -0.25) is 10.1 Å². The smallest absolute Gasteiger partial charge is 0.264 e. The van der Waals surface area contributed by atoms with E-state index in [1.54, 1.807) is 18.2 Å². The fourth-order valence-corrected chi connectivity index (χ4v) is 3.30. The molecule has 0 saturated carbocycles. The molecule has 0 bridgehead atoms. The van der Waals surface area contributed by atoms with E-state index in [4.69, 9.17) is 27.9 Å². The third kappa shape index (κ3) is 3.55. The number of halogens is 3. The normalized spacial score (nSPS) is 10.7. The summed E-state index contributed by atoms with van der Waals surface area (Å²) < 4.78 is 19.2. The number of rotatable bonds is 4. The molecular weight excluding hydrogens is 362 g/mol. The second kappa shape index (κ2) is 6.70. The molecule has 1 N–H and O–H groups in total. The molecule has 0 aliphatic carbocycles. The summed E-state index contributed by atoms with van der Waals surface area (Å²) in [6.07, 6.45) is 0. The van der Waals surface area contributed by atoms with Gasteiger partial charge in [-0.25, -0.2) is 9.37 Å². The number of carbonyl (C=O) groups excluding carboxylic acids is 1. The highest BCUT2D eigenvalue weighted by Crippen LogP contribution is 2.35. The fraction of sp³-hybridized carbons (Fsp3) is 0.0667. The molecule has 0 saturated heterocycles. The molecular formula is C15H9Cl2FN2O2S. The summed E-state index contributed by atoms with van der Waals surface area (Å²) in [4.78, 5) is 16.1. The topological polar surface area (TPSA) is 51.2 Å². The van der Waals surface area contributed by atoms with Crippen molar-refractivity contribution >= 4 is 55.8 Å². The van der Waals surface area contributed by atoms with E-state index in [1.807, 2.05) is 0 Å². The largest absolute Gasteiger partial charge is 0.481 e. The van der Waals surface area contributed by atoms with Gasteiger partial charge in [0, 0.05) is 0 Å². The van der Waals surface area contributed by atoms with Crippen LogP contribution in [0.5, 0.6) is 5.75 Å². The molecule has 3 aromatic rings. The molecule has 0 spiro atoms. The number of nitrogens with zero attached hydrogens (tertiary/aromatic N) is 1. The van der Waals surface area contributed by atoms with Crippen LogP contribution in [0.2, 0.25) is 10.0 Å². The van der Waals surface area contributed by atoms with E-state index >= 15 is 0 Å². The Kier molecular flexibility index (Phi) is 4.66. The number of carbonyl (C=O) groups is 1. The number of thiazole rings is 1. The van der Waals surface area contributed by atoms with Gasteiger partial charge in [0.15, 0.2) is 23.3 Å². The van der Waals surface area contributed by atoms with E-state index in [0.29, 0.717) is 25.4 Å². The van der Waals surface area contributed by atoms with Gasteiger partial charge in [0.05, 0.1) is 14.7 Å². The average Bonchev–Trinajstić information content (AvgIpc) is 2.95. The minimum absolute atomic E-state index is 0.0121. The van der Waals surface area contributed by atoms with Gasteiger partial charge in [-0.2, -0.15) is 0 Å². The van der Waals surface area contributed by atoms with Gasteiger partial charge in [0.1, 0.15) is 5.52 Å². The van der Waals surface area contributed by atoms with Crippen molar-refractivity contribution < 1.29 is 13.9 Å². The van der Waals surface area contributed by atoms with Crippen LogP contribution >= 0.6 is 34.5 Å². The number of benzene rings is 2. The molecule has 0 aliphatic heterocycles. The zero-order chi connectivity index (χ0) is 16.4. The lowest BCUT2D eigenvalue weighted by molar-refractivity contribution is -0.118. The first-order valence-electron chi connectivity index (χ1n) is 6.46. The van der Waals surface area contributed by atoms with Gasteiger partial charge in [-0.15, -0.1) is 0 Å². The summed E-state index contributed by atoms with van der Waals surface area (Å²) in [5, 5.41) is 3.88. The minimum atomic E-state index is -0.529. The average molecular weight is 371 g/mol. The number of fused-ring (bicyclic) bond motifs is 1. The van der Waals surface area contributed by atoms with E-state index in [2.05, 4.69) is 10.3 Å². The first kappa shape index (κ1) is 16.0. The number of hydrogen-bond donors (Lipinski definition) is 1. The number of para-hydroxylation sites is 1. The second-order valence-corrected chi connectivity index (χ2v) is 6.31. The highest BCUT2D eigenvalue weighted by molar-refractivity contribution is 7.23. The maximum atomic E-state index is 13.4. The Balaban J connectivity index is 1.70. The maximum absolute atomic E-state index is 13.4. The quantitative estimate of drug-likeness (QED) is 0.720. The molecule has 3 rings (SSSR count). The molecule has 0 aliphatic rings. The summed E-state index contributed by atoms with van der Waals surface area (Å²) in [7, 11) is 0. The lowest BCUT2D eigenvalue weighted by atomic mass is 10.3. The van der Waals surface area contributed by atoms with Crippen molar-refractivity contribution in [2.24, 2.45) is 0 Å². The van der Waals surface area contributed by atoms with Gasteiger partial charge < -0.3 is 4.74 Å². The molecule has 0 fully saturated rings. The highest BCUT2D eigenvalue weighted by Gasteiger charge is 2.13. The molecule has 4 nitrogen and oxygen atoms in total. The van der Waals surface area contributed by atoms with Crippen LogP contribution in [0.15, 0.2) is 36.4 Å². The van der Waals surface area contributed by atoms with Crippen LogP contribution in [0.25, 0.3) is 10.2 Å². The van der Waals surface area contributed by atoms with Crippen molar-refractivity contribution in [3.8, 4) is 5.75 Å². The summed E-state index contributed by atoms with van der Waals surface area (Å²) in [5.74, 6) is -0.976. The zero-order valence-electron chi connectivity index (χ0n) is 11.5. The lowest BCUT2D eigenvalue weighted by Crippen LogP contribution is -2.20. The standard InChI is InChI=1S/C15H9Cl2FN2O2S/c16-8-5-6-9(17)14-13(8)20-15(23-14)19-12(21)7-22-11-4-2-1-3-10(11)18/h1-6H,7H2,(H,19,20,21).